The van der Waals surface area contributed by atoms with Crippen LogP contribution in [0.2, 0.25) is 0 Å². The molecule has 26 heavy (non-hydrogen) atoms. The third-order valence-electron chi connectivity index (χ3n) is 7.10. The maximum Gasteiger partial charge on any atom is 0.223 e. The van der Waals surface area contributed by atoms with Crippen LogP contribution >= 0.6 is 0 Å². The first kappa shape index (κ1) is 16.3. The van der Waals surface area contributed by atoms with Crippen molar-refractivity contribution in [2.24, 2.45) is 23.7 Å². The van der Waals surface area contributed by atoms with Crippen molar-refractivity contribution in [1.82, 2.24) is 10.2 Å². The summed E-state index contributed by atoms with van der Waals surface area (Å²) in [4.78, 5) is 14.9. The van der Waals surface area contributed by atoms with E-state index in [4.69, 9.17) is 0 Å². The fourth-order valence-corrected chi connectivity index (χ4v) is 5.30. The van der Waals surface area contributed by atoms with Crippen molar-refractivity contribution < 1.29 is 4.79 Å². The number of hydrogen-bond acceptors (Lipinski definition) is 2. The molecule has 1 aliphatic heterocycles. The summed E-state index contributed by atoms with van der Waals surface area (Å²) in [6.07, 6.45) is 2.16. The number of carbonyl (C=O) groups excluding carboxylic acids is 1. The molecule has 2 unspecified atom stereocenters. The molecule has 1 N–H and O–H groups in total. The Morgan fingerprint density at radius 1 is 1.08 bits per heavy atom. The number of fused-ring (bicyclic) bond motifs is 2. The molecule has 0 bridgehead atoms. The minimum Gasteiger partial charge on any atom is -0.352 e. The molecule has 3 heteroatoms. The van der Waals surface area contributed by atoms with Crippen LogP contribution in [0.25, 0.3) is 10.8 Å². The van der Waals surface area contributed by atoms with Gasteiger partial charge >= 0.3 is 0 Å². The summed E-state index contributed by atoms with van der Waals surface area (Å²) < 4.78 is 0. The topological polar surface area (TPSA) is 32.3 Å². The van der Waals surface area contributed by atoms with Crippen molar-refractivity contribution in [3.63, 3.8) is 0 Å². The molecule has 3 nitrogen and oxygen atoms in total. The Hall–Kier alpha value is -1.87. The van der Waals surface area contributed by atoms with Crippen LogP contribution in [0.15, 0.2) is 42.5 Å². The summed E-state index contributed by atoms with van der Waals surface area (Å²) in [7, 11) is 0. The van der Waals surface area contributed by atoms with Gasteiger partial charge in [-0.3, -0.25) is 9.69 Å². The Kier molecular flexibility index (Phi) is 3.82. The van der Waals surface area contributed by atoms with Crippen LogP contribution in [0.1, 0.15) is 38.3 Å². The molecule has 1 saturated heterocycles. The van der Waals surface area contributed by atoms with Crippen molar-refractivity contribution in [3.05, 3.63) is 48.0 Å². The molecule has 2 aliphatic carbocycles. The van der Waals surface area contributed by atoms with Crippen LogP contribution in [0.5, 0.6) is 0 Å². The molecule has 3 aliphatic rings. The molecule has 2 aromatic carbocycles. The maximum atomic E-state index is 12.3. The molecule has 1 amide bonds. The van der Waals surface area contributed by atoms with E-state index in [2.05, 4.69) is 66.5 Å². The minimum absolute atomic E-state index is 0.289. The maximum absolute atomic E-state index is 12.3. The molecule has 2 saturated carbocycles. The van der Waals surface area contributed by atoms with Crippen molar-refractivity contribution in [2.45, 2.75) is 38.8 Å². The van der Waals surface area contributed by atoms with Gasteiger partial charge in [-0.15, -0.1) is 0 Å². The third-order valence-corrected chi connectivity index (χ3v) is 7.10. The fourth-order valence-electron chi connectivity index (χ4n) is 5.30. The molecule has 0 radical (unpaired) electrons. The Morgan fingerprint density at radius 3 is 2.50 bits per heavy atom. The molecule has 4 atom stereocenters. The van der Waals surface area contributed by atoms with E-state index in [1.54, 1.807) is 0 Å². The highest BCUT2D eigenvalue weighted by atomic mass is 16.2. The lowest BCUT2D eigenvalue weighted by Crippen LogP contribution is -2.42. The van der Waals surface area contributed by atoms with Crippen LogP contribution in [0.3, 0.4) is 0 Å². The Bertz CT molecular complexity index is 824. The number of carbonyl (C=O) groups is 1. The van der Waals surface area contributed by atoms with Gasteiger partial charge in [-0.05, 0) is 53.9 Å². The summed E-state index contributed by atoms with van der Waals surface area (Å²) in [6.45, 7) is 6.79. The molecule has 1 heterocycles. The standard InChI is InChI=1S/C23H28N2O/c1-14-10-17(11-14)23(26)24-22-20-12-25(13-21(20)22)15(2)18-9-5-7-16-6-3-4-8-19(16)18/h3-9,14-15,17,20-22H,10-13H2,1-2H3,(H,24,26)/t14?,15?,17?,20-,21+,22?. The Balaban J connectivity index is 1.22. The van der Waals surface area contributed by atoms with Gasteiger partial charge in [0.25, 0.3) is 0 Å². The highest BCUT2D eigenvalue weighted by Gasteiger charge is 2.57. The molecule has 0 aromatic heterocycles. The van der Waals surface area contributed by atoms with Gasteiger partial charge in [-0.1, -0.05) is 49.4 Å². The van der Waals surface area contributed by atoms with Gasteiger partial charge in [0.2, 0.25) is 5.91 Å². The first-order valence-corrected chi connectivity index (χ1v) is 10.1. The van der Waals surface area contributed by atoms with Gasteiger partial charge < -0.3 is 5.32 Å². The van der Waals surface area contributed by atoms with Crippen molar-refractivity contribution in [1.29, 1.82) is 0 Å². The SMILES string of the molecule is CC1CC(C(=O)NC2[C@H]3CN(C(C)c4cccc5ccccc45)C[C@@H]23)C1. The lowest BCUT2D eigenvalue weighted by atomic mass is 9.75. The van der Waals surface area contributed by atoms with Gasteiger partial charge in [-0.25, -0.2) is 0 Å². The zero-order chi connectivity index (χ0) is 17.8. The monoisotopic (exact) mass is 348 g/mol. The predicted molar refractivity (Wildman–Crippen MR) is 105 cm³/mol. The summed E-state index contributed by atoms with van der Waals surface area (Å²) in [5.74, 6) is 2.66. The van der Waals surface area contributed by atoms with E-state index >= 15 is 0 Å². The van der Waals surface area contributed by atoms with Crippen LogP contribution in [-0.2, 0) is 4.79 Å². The molecule has 3 fully saturated rings. The molecular weight excluding hydrogens is 320 g/mol. The van der Waals surface area contributed by atoms with E-state index < -0.39 is 0 Å². The van der Waals surface area contributed by atoms with E-state index in [0.717, 1.165) is 31.8 Å². The number of piperidine rings is 1. The van der Waals surface area contributed by atoms with Crippen molar-refractivity contribution in [3.8, 4) is 0 Å². The van der Waals surface area contributed by atoms with Crippen LogP contribution in [0, 0.1) is 23.7 Å². The molecule has 2 aromatic rings. The van der Waals surface area contributed by atoms with Gasteiger partial charge in [0, 0.05) is 31.1 Å². The van der Waals surface area contributed by atoms with Crippen LogP contribution in [-0.4, -0.2) is 29.9 Å². The minimum atomic E-state index is 0.289. The van der Waals surface area contributed by atoms with E-state index in [1.165, 1.54) is 16.3 Å². The lowest BCUT2D eigenvalue weighted by molar-refractivity contribution is -0.129. The van der Waals surface area contributed by atoms with Gasteiger partial charge in [-0.2, -0.15) is 0 Å². The molecular formula is C23H28N2O. The van der Waals surface area contributed by atoms with Crippen molar-refractivity contribution in [2.75, 3.05) is 13.1 Å². The van der Waals surface area contributed by atoms with Crippen LogP contribution < -0.4 is 5.32 Å². The largest absolute Gasteiger partial charge is 0.352 e. The smallest absolute Gasteiger partial charge is 0.223 e. The number of likely N-dealkylation sites (tertiary alicyclic amines) is 1. The number of benzene rings is 2. The summed E-state index contributed by atoms with van der Waals surface area (Å²) in [5.41, 5.74) is 1.42. The average molecular weight is 348 g/mol. The van der Waals surface area contributed by atoms with Crippen molar-refractivity contribution >= 4 is 16.7 Å². The second-order valence-corrected chi connectivity index (χ2v) is 8.83. The first-order chi connectivity index (χ1) is 12.6. The highest BCUT2D eigenvalue weighted by Crippen LogP contribution is 2.48. The zero-order valence-corrected chi connectivity index (χ0v) is 15.7. The summed E-state index contributed by atoms with van der Waals surface area (Å²) in [6, 6.07) is 16.2. The van der Waals surface area contributed by atoms with E-state index in [-0.39, 0.29) is 5.92 Å². The first-order valence-electron chi connectivity index (χ1n) is 10.1. The zero-order valence-electron chi connectivity index (χ0n) is 15.7. The van der Waals surface area contributed by atoms with Gasteiger partial charge in [0.05, 0.1) is 0 Å². The number of amides is 1. The van der Waals surface area contributed by atoms with E-state index in [0.29, 0.717) is 29.8 Å². The molecule has 0 spiro atoms. The molecule has 5 rings (SSSR count). The second kappa shape index (κ2) is 6.09. The number of rotatable bonds is 4. The van der Waals surface area contributed by atoms with E-state index in [1.807, 2.05) is 0 Å². The normalized spacial score (nSPS) is 34.2. The average Bonchev–Trinajstić information content (AvgIpc) is 3.06. The summed E-state index contributed by atoms with van der Waals surface area (Å²) >= 11 is 0. The second-order valence-electron chi connectivity index (χ2n) is 8.83. The van der Waals surface area contributed by atoms with E-state index in [9.17, 15) is 4.79 Å². The highest BCUT2D eigenvalue weighted by molar-refractivity contribution is 5.86. The Labute approximate surface area is 155 Å². The number of nitrogens with zero attached hydrogens (tertiary/aromatic N) is 1. The van der Waals surface area contributed by atoms with Crippen LogP contribution in [0.4, 0.5) is 0 Å². The third kappa shape index (κ3) is 2.64. The fraction of sp³-hybridized carbons (Fsp3) is 0.522. The van der Waals surface area contributed by atoms with Gasteiger partial charge in [0.1, 0.15) is 0 Å². The number of hydrogen-bond donors (Lipinski definition) is 1. The quantitative estimate of drug-likeness (QED) is 0.906. The summed E-state index contributed by atoms with van der Waals surface area (Å²) in [5, 5.41) is 6.03. The number of nitrogens with one attached hydrogen (secondary N) is 1. The lowest BCUT2D eigenvalue weighted by Gasteiger charge is -2.32. The van der Waals surface area contributed by atoms with Gasteiger partial charge in [0.15, 0.2) is 0 Å². The molecule has 136 valence electrons. The predicted octanol–water partition coefficient (Wildman–Crippen LogP) is 3.99. The Morgan fingerprint density at radius 2 is 1.77 bits per heavy atom.